The Labute approximate surface area is 117 Å². The molecule has 5 nitrogen and oxygen atoms in total. The lowest BCUT2D eigenvalue weighted by Gasteiger charge is -2.15. The standard InChI is InChI=1S/C15H17N3O2/c1-10(2)18-14(19)9-13(17-15(18)20)16-11(3)12-7-5-4-6-8-12/h4-11H,1H2,2-3H3,(H-,16,17,19,20)/p+1/t10?,11-/m0/s1. The molecule has 1 unspecified atom stereocenters. The molecule has 0 aliphatic heterocycles. The molecule has 2 atom stereocenters. The van der Waals surface area contributed by atoms with E-state index in [1.807, 2.05) is 37.3 Å². The van der Waals surface area contributed by atoms with Gasteiger partial charge in [-0.2, -0.15) is 0 Å². The number of rotatable bonds is 4. The Bertz CT molecular complexity index is 655. The van der Waals surface area contributed by atoms with Gasteiger partial charge in [0.05, 0.1) is 6.92 Å². The summed E-state index contributed by atoms with van der Waals surface area (Å²) in [5, 5.41) is 3.12. The van der Waals surface area contributed by atoms with Crippen molar-refractivity contribution in [2.75, 3.05) is 5.32 Å². The predicted octanol–water partition coefficient (Wildman–Crippen LogP) is 2.10. The van der Waals surface area contributed by atoms with Crippen LogP contribution in [-0.2, 0) is 0 Å². The first-order valence-corrected chi connectivity index (χ1v) is 6.49. The fraction of sp³-hybridized carbons (Fsp3) is 0.267. The molecule has 1 heterocycles. The van der Waals surface area contributed by atoms with Crippen LogP contribution in [0.1, 0.15) is 31.5 Å². The Morgan fingerprint density at radius 3 is 2.40 bits per heavy atom. The topological polar surface area (TPSA) is 66.9 Å². The molecule has 2 N–H and O–H groups in total. The molecular formula is C15H18N3O2+. The summed E-state index contributed by atoms with van der Waals surface area (Å²) in [7, 11) is 0. The van der Waals surface area contributed by atoms with E-state index >= 15 is 0 Å². The predicted molar refractivity (Wildman–Crippen MR) is 79.9 cm³/mol. The van der Waals surface area contributed by atoms with Crippen molar-refractivity contribution in [2.24, 2.45) is 0 Å². The van der Waals surface area contributed by atoms with Crippen LogP contribution in [0.5, 0.6) is 0 Å². The number of anilines is 1. The van der Waals surface area contributed by atoms with Gasteiger partial charge in [-0.1, -0.05) is 30.3 Å². The maximum atomic E-state index is 11.9. The van der Waals surface area contributed by atoms with Crippen LogP contribution in [0, 0.1) is 6.92 Å². The lowest BCUT2D eigenvalue weighted by atomic mass is 10.1. The molecule has 0 spiro atoms. The third-order valence-electron chi connectivity index (χ3n) is 3.08. The first kappa shape index (κ1) is 14.0. The molecular weight excluding hydrogens is 254 g/mol. The molecule has 0 fully saturated rings. The zero-order chi connectivity index (χ0) is 14.7. The Hall–Kier alpha value is -2.43. The minimum absolute atomic E-state index is 0.0146. The molecule has 0 radical (unpaired) electrons. The first-order valence-electron chi connectivity index (χ1n) is 6.49. The lowest BCUT2D eigenvalue weighted by molar-refractivity contribution is 0.591. The highest BCUT2D eigenvalue weighted by Crippen LogP contribution is 2.15. The summed E-state index contributed by atoms with van der Waals surface area (Å²) in [6, 6.07) is 10.7. The van der Waals surface area contributed by atoms with E-state index in [1.165, 1.54) is 6.07 Å². The van der Waals surface area contributed by atoms with Crippen molar-refractivity contribution in [3.05, 3.63) is 69.7 Å². The second-order valence-electron chi connectivity index (χ2n) is 4.82. The van der Waals surface area contributed by atoms with Gasteiger partial charge in [-0.05, 0) is 19.4 Å². The fourth-order valence-corrected chi connectivity index (χ4v) is 2.06. The van der Waals surface area contributed by atoms with E-state index in [2.05, 4.69) is 17.2 Å². The number of hydrogen-bond donors (Lipinski definition) is 2. The molecule has 0 bridgehead atoms. The number of H-pyrrole nitrogens is 1. The van der Waals surface area contributed by atoms with Crippen LogP contribution in [0.15, 0.2) is 46.0 Å². The Balaban J connectivity index is 2.28. The maximum Gasteiger partial charge on any atom is 0.333 e. The molecule has 20 heavy (non-hydrogen) atoms. The summed E-state index contributed by atoms with van der Waals surface area (Å²) in [4.78, 5) is 26.4. The van der Waals surface area contributed by atoms with Crippen molar-refractivity contribution in [3.63, 3.8) is 0 Å². The van der Waals surface area contributed by atoms with Gasteiger partial charge in [0.2, 0.25) is 0 Å². The van der Waals surface area contributed by atoms with Crippen LogP contribution in [0.3, 0.4) is 0 Å². The smallest absolute Gasteiger partial charge is 0.333 e. The van der Waals surface area contributed by atoms with Gasteiger partial charge in [0.25, 0.3) is 5.56 Å². The Morgan fingerprint density at radius 1 is 1.20 bits per heavy atom. The van der Waals surface area contributed by atoms with Gasteiger partial charge < -0.3 is 5.32 Å². The van der Waals surface area contributed by atoms with Gasteiger partial charge in [0.1, 0.15) is 5.82 Å². The molecule has 104 valence electrons. The zero-order valence-electron chi connectivity index (χ0n) is 11.6. The number of benzene rings is 1. The average molecular weight is 272 g/mol. The third-order valence-corrected chi connectivity index (χ3v) is 3.08. The summed E-state index contributed by atoms with van der Waals surface area (Å²) in [6.45, 7) is 7.34. The summed E-state index contributed by atoms with van der Waals surface area (Å²) >= 11 is 0. The molecule has 2 aromatic rings. The van der Waals surface area contributed by atoms with Crippen LogP contribution in [0.25, 0.3) is 0 Å². The number of aromatic amines is 1. The van der Waals surface area contributed by atoms with E-state index in [0.29, 0.717) is 5.82 Å². The van der Waals surface area contributed by atoms with Crippen molar-refractivity contribution in [1.82, 2.24) is 9.55 Å². The molecule has 2 rings (SSSR count). The summed E-state index contributed by atoms with van der Waals surface area (Å²) in [5.41, 5.74) is 0.254. The summed E-state index contributed by atoms with van der Waals surface area (Å²) in [6.07, 6.45) is 0. The van der Waals surface area contributed by atoms with Gasteiger partial charge in [0, 0.05) is 12.1 Å². The van der Waals surface area contributed by atoms with Crippen LogP contribution in [-0.4, -0.2) is 9.55 Å². The van der Waals surface area contributed by atoms with Crippen molar-refractivity contribution in [2.45, 2.75) is 25.9 Å². The Kier molecular flexibility index (Phi) is 3.98. The summed E-state index contributed by atoms with van der Waals surface area (Å²) in [5.74, 6) is 0.410. The van der Waals surface area contributed by atoms with E-state index in [9.17, 15) is 9.59 Å². The monoisotopic (exact) mass is 272 g/mol. The van der Waals surface area contributed by atoms with Crippen molar-refractivity contribution >= 4 is 5.82 Å². The quantitative estimate of drug-likeness (QED) is 0.838. The molecule has 0 saturated heterocycles. The van der Waals surface area contributed by atoms with Gasteiger partial charge in [0.15, 0.2) is 6.04 Å². The largest absolute Gasteiger partial charge is 0.365 e. The molecule has 0 saturated carbocycles. The van der Waals surface area contributed by atoms with E-state index in [-0.39, 0.29) is 11.6 Å². The van der Waals surface area contributed by atoms with Crippen molar-refractivity contribution in [3.8, 4) is 0 Å². The second kappa shape index (κ2) is 5.69. The first-order chi connectivity index (χ1) is 9.49. The fourth-order valence-electron chi connectivity index (χ4n) is 2.06. The minimum atomic E-state index is -0.456. The van der Waals surface area contributed by atoms with E-state index in [1.54, 1.807) is 6.92 Å². The Morgan fingerprint density at radius 2 is 1.85 bits per heavy atom. The molecule has 0 aliphatic rings. The molecule has 0 aliphatic carbocycles. The molecule has 5 heteroatoms. The van der Waals surface area contributed by atoms with Crippen molar-refractivity contribution in [1.29, 1.82) is 0 Å². The molecule has 0 amide bonds. The SMILES string of the molecule is [CH2+]C(C)n1c(=O)cc(N[C@@H](C)c2ccccc2)[nH]c1=O. The van der Waals surface area contributed by atoms with Gasteiger partial charge in [-0.15, -0.1) is 0 Å². The maximum absolute atomic E-state index is 11.9. The van der Waals surface area contributed by atoms with E-state index < -0.39 is 11.7 Å². The number of nitrogens with one attached hydrogen (secondary N) is 2. The van der Waals surface area contributed by atoms with Crippen LogP contribution < -0.4 is 16.6 Å². The third kappa shape index (κ3) is 2.93. The second-order valence-corrected chi connectivity index (χ2v) is 4.82. The van der Waals surface area contributed by atoms with E-state index in [0.717, 1.165) is 10.1 Å². The van der Waals surface area contributed by atoms with E-state index in [4.69, 9.17) is 0 Å². The number of nitrogens with zero attached hydrogens (tertiary/aromatic N) is 1. The highest BCUT2D eigenvalue weighted by Gasteiger charge is 2.12. The average Bonchev–Trinajstić information content (AvgIpc) is 2.38. The van der Waals surface area contributed by atoms with Gasteiger partial charge in [-0.3, -0.25) is 9.78 Å². The normalized spacial score (nSPS) is 13.7. The van der Waals surface area contributed by atoms with Crippen LogP contribution in [0.4, 0.5) is 5.82 Å². The lowest BCUT2D eigenvalue weighted by Crippen LogP contribution is -2.36. The van der Waals surface area contributed by atoms with Crippen LogP contribution in [0.2, 0.25) is 0 Å². The van der Waals surface area contributed by atoms with Gasteiger partial charge >= 0.3 is 5.69 Å². The van der Waals surface area contributed by atoms with Crippen LogP contribution >= 0.6 is 0 Å². The summed E-state index contributed by atoms with van der Waals surface area (Å²) < 4.78 is 1.08. The zero-order valence-corrected chi connectivity index (χ0v) is 11.6. The highest BCUT2D eigenvalue weighted by atomic mass is 16.2. The van der Waals surface area contributed by atoms with Crippen molar-refractivity contribution < 1.29 is 0 Å². The highest BCUT2D eigenvalue weighted by molar-refractivity contribution is 5.36. The number of hydrogen-bond acceptors (Lipinski definition) is 3. The number of aromatic nitrogens is 2. The minimum Gasteiger partial charge on any atom is -0.365 e. The molecule has 1 aromatic heterocycles. The van der Waals surface area contributed by atoms with Gasteiger partial charge in [-0.25, -0.2) is 9.36 Å². The molecule has 1 aromatic carbocycles.